The van der Waals surface area contributed by atoms with Crippen molar-refractivity contribution in [2.24, 2.45) is 14.1 Å². The highest BCUT2D eigenvalue weighted by molar-refractivity contribution is 5.65. The maximum Gasteiger partial charge on any atom is 0.212 e. The van der Waals surface area contributed by atoms with Crippen molar-refractivity contribution in [1.82, 2.24) is 4.68 Å². The first kappa shape index (κ1) is 12.6. The summed E-state index contributed by atoms with van der Waals surface area (Å²) >= 11 is 0. The molecular formula is C17H19N3+2. The molecule has 1 aromatic carbocycles. The molecule has 0 saturated carbocycles. The summed E-state index contributed by atoms with van der Waals surface area (Å²) in [4.78, 5) is 0. The number of rotatable bonds is 2. The third kappa shape index (κ3) is 2.01. The Kier molecular flexibility index (Phi) is 3.11. The lowest BCUT2D eigenvalue weighted by atomic mass is 10.0. The van der Waals surface area contributed by atoms with E-state index in [0.29, 0.717) is 0 Å². The fraction of sp³-hybridized carbons (Fsp3) is 0.176. The fourth-order valence-electron chi connectivity index (χ4n) is 2.62. The predicted octanol–water partition coefficient (Wildman–Crippen LogP) is 2.10. The van der Waals surface area contributed by atoms with E-state index < -0.39 is 0 Å². The summed E-state index contributed by atoms with van der Waals surface area (Å²) in [6, 6.07) is 14.8. The molecule has 3 aromatic rings. The number of hydrogen-bond donors (Lipinski definition) is 0. The standard InChI is InChI=1S/C17H19N3/c1-14-15(17-9-4-5-11-18(17)2)8-6-10-16(14)20-13-7-12-19(20)3/h4-13H,1-3H3/q+2. The molecule has 0 fully saturated rings. The van der Waals surface area contributed by atoms with Gasteiger partial charge in [0.25, 0.3) is 0 Å². The van der Waals surface area contributed by atoms with Crippen molar-refractivity contribution in [2.75, 3.05) is 0 Å². The van der Waals surface area contributed by atoms with Crippen LogP contribution in [-0.4, -0.2) is 4.68 Å². The lowest BCUT2D eigenvalue weighted by Gasteiger charge is -2.09. The van der Waals surface area contributed by atoms with Crippen LogP contribution in [0.1, 0.15) is 5.56 Å². The highest BCUT2D eigenvalue weighted by atomic mass is 15.4. The Hall–Kier alpha value is -2.42. The van der Waals surface area contributed by atoms with Gasteiger partial charge in [-0.25, -0.2) is 4.57 Å². The Bertz CT molecular complexity index is 756. The zero-order valence-electron chi connectivity index (χ0n) is 12.1. The van der Waals surface area contributed by atoms with Gasteiger partial charge in [0.2, 0.25) is 5.69 Å². The van der Waals surface area contributed by atoms with Crippen LogP contribution in [0.5, 0.6) is 0 Å². The number of nitrogens with zero attached hydrogens (tertiary/aromatic N) is 3. The summed E-state index contributed by atoms with van der Waals surface area (Å²) in [6.07, 6.45) is 6.21. The van der Waals surface area contributed by atoms with Gasteiger partial charge in [-0.3, -0.25) is 0 Å². The molecule has 2 heterocycles. The van der Waals surface area contributed by atoms with E-state index in [1.54, 1.807) is 0 Å². The minimum absolute atomic E-state index is 1.21. The van der Waals surface area contributed by atoms with Crippen molar-refractivity contribution >= 4 is 0 Å². The second kappa shape index (κ2) is 4.93. The molecule has 0 aliphatic rings. The van der Waals surface area contributed by atoms with Crippen molar-refractivity contribution in [3.8, 4) is 16.9 Å². The number of aromatic nitrogens is 3. The highest BCUT2D eigenvalue weighted by Gasteiger charge is 2.16. The molecule has 0 aliphatic carbocycles. The summed E-state index contributed by atoms with van der Waals surface area (Å²) in [5, 5.41) is 0. The second-order valence-electron chi connectivity index (χ2n) is 5.06. The van der Waals surface area contributed by atoms with Crippen LogP contribution < -0.4 is 9.25 Å². The van der Waals surface area contributed by atoms with E-state index in [0.717, 1.165) is 0 Å². The molecule has 0 bridgehead atoms. The van der Waals surface area contributed by atoms with Crippen molar-refractivity contribution in [1.29, 1.82) is 0 Å². The summed E-state index contributed by atoms with van der Waals surface area (Å²) in [5.74, 6) is 0. The summed E-state index contributed by atoms with van der Waals surface area (Å²) < 4.78 is 6.39. The van der Waals surface area contributed by atoms with Crippen LogP contribution in [0.4, 0.5) is 0 Å². The smallest absolute Gasteiger partial charge is 0.201 e. The van der Waals surface area contributed by atoms with Crippen molar-refractivity contribution in [2.45, 2.75) is 6.92 Å². The van der Waals surface area contributed by atoms with Crippen LogP contribution in [0.2, 0.25) is 0 Å². The third-order valence-corrected chi connectivity index (χ3v) is 3.75. The van der Waals surface area contributed by atoms with Gasteiger partial charge in [-0.2, -0.15) is 0 Å². The molecule has 2 aromatic heterocycles. The lowest BCUT2D eigenvalue weighted by molar-refractivity contribution is -0.744. The molecule has 3 heteroatoms. The Morgan fingerprint density at radius 1 is 0.900 bits per heavy atom. The second-order valence-corrected chi connectivity index (χ2v) is 5.06. The molecule has 100 valence electrons. The molecule has 0 N–H and O–H groups in total. The van der Waals surface area contributed by atoms with Crippen LogP contribution in [0, 0.1) is 6.92 Å². The van der Waals surface area contributed by atoms with Crippen molar-refractivity contribution in [3.63, 3.8) is 0 Å². The molecule has 20 heavy (non-hydrogen) atoms. The Balaban J connectivity index is 2.21. The van der Waals surface area contributed by atoms with Gasteiger partial charge in [0.15, 0.2) is 19.4 Å². The number of pyridine rings is 1. The molecule has 0 radical (unpaired) electrons. The van der Waals surface area contributed by atoms with E-state index in [4.69, 9.17) is 0 Å². The maximum atomic E-state index is 2.18. The van der Waals surface area contributed by atoms with Gasteiger partial charge >= 0.3 is 0 Å². The van der Waals surface area contributed by atoms with Crippen LogP contribution in [0.25, 0.3) is 16.9 Å². The van der Waals surface area contributed by atoms with E-state index in [1.165, 1.54) is 22.5 Å². The average molecular weight is 265 g/mol. The molecule has 0 saturated heterocycles. The summed E-state index contributed by atoms with van der Waals surface area (Å²) in [5.41, 5.74) is 4.97. The minimum Gasteiger partial charge on any atom is -0.201 e. The molecule has 0 atom stereocenters. The van der Waals surface area contributed by atoms with Gasteiger partial charge in [0.05, 0.1) is 11.8 Å². The first-order chi connectivity index (χ1) is 9.68. The summed E-state index contributed by atoms with van der Waals surface area (Å²) in [6.45, 7) is 2.18. The predicted molar refractivity (Wildman–Crippen MR) is 78.3 cm³/mol. The van der Waals surface area contributed by atoms with Gasteiger partial charge in [0, 0.05) is 18.2 Å². The monoisotopic (exact) mass is 265 g/mol. The van der Waals surface area contributed by atoms with Gasteiger partial charge in [-0.1, -0.05) is 6.07 Å². The first-order valence-electron chi connectivity index (χ1n) is 6.77. The van der Waals surface area contributed by atoms with Gasteiger partial charge in [0.1, 0.15) is 12.7 Å². The molecule has 0 amide bonds. The zero-order valence-corrected chi connectivity index (χ0v) is 12.1. The molecule has 0 aliphatic heterocycles. The molecular weight excluding hydrogens is 246 g/mol. The van der Waals surface area contributed by atoms with Gasteiger partial charge in [-0.05, 0) is 30.7 Å². The molecule has 3 nitrogen and oxygen atoms in total. The Morgan fingerprint density at radius 3 is 2.45 bits per heavy atom. The molecule has 0 spiro atoms. The van der Waals surface area contributed by atoms with E-state index in [-0.39, 0.29) is 0 Å². The number of benzene rings is 1. The van der Waals surface area contributed by atoms with Crippen LogP contribution in [-0.2, 0) is 14.1 Å². The number of aryl methyl sites for hydroxylation is 2. The third-order valence-electron chi connectivity index (χ3n) is 3.75. The van der Waals surface area contributed by atoms with E-state index >= 15 is 0 Å². The van der Waals surface area contributed by atoms with E-state index in [1.807, 2.05) is 0 Å². The SMILES string of the molecule is Cc1c(-c2cccc[n+]2C)cccc1-n1ccc[n+]1C. The topological polar surface area (TPSA) is 12.7 Å². The van der Waals surface area contributed by atoms with E-state index in [9.17, 15) is 0 Å². The Labute approximate surface area is 119 Å². The molecule has 3 rings (SSSR count). The quantitative estimate of drug-likeness (QED) is 0.629. The molecule has 0 unspecified atom stereocenters. The average Bonchev–Trinajstić information content (AvgIpc) is 2.86. The van der Waals surface area contributed by atoms with Crippen LogP contribution in [0.15, 0.2) is 61.1 Å². The Morgan fingerprint density at radius 2 is 1.75 bits per heavy atom. The lowest BCUT2D eigenvalue weighted by Crippen LogP contribution is -2.37. The fourth-order valence-corrected chi connectivity index (χ4v) is 2.62. The van der Waals surface area contributed by atoms with E-state index in [2.05, 4.69) is 96.0 Å². The van der Waals surface area contributed by atoms with Crippen LogP contribution in [0.3, 0.4) is 0 Å². The van der Waals surface area contributed by atoms with Gasteiger partial charge in [-0.15, -0.1) is 9.36 Å². The van der Waals surface area contributed by atoms with Crippen LogP contribution >= 0.6 is 0 Å². The first-order valence-corrected chi connectivity index (χ1v) is 6.77. The van der Waals surface area contributed by atoms with Crippen molar-refractivity contribution in [3.05, 3.63) is 66.6 Å². The maximum absolute atomic E-state index is 2.18. The highest BCUT2D eigenvalue weighted by Crippen LogP contribution is 2.24. The minimum atomic E-state index is 1.21. The largest absolute Gasteiger partial charge is 0.212 e. The number of hydrogen-bond acceptors (Lipinski definition) is 0. The van der Waals surface area contributed by atoms with Gasteiger partial charge < -0.3 is 0 Å². The normalized spacial score (nSPS) is 10.8. The zero-order chi connectivity index (χ0) is 14.1. The summed E-state index contributed by atoms with van der Waals surface area (Å²) in [7, 11) is 4.13. The van der Waals surface area contributed by atoms with Crippen molar-refractivity contribution < 1.29 is 9.25 Å².